The highest BCUT2D eigenvalue weighted by Crippen LogP contribution is 2.29. The first-order valence-corrected chi connectivity index (χ1v) is 11.2. The van der Waals surface area contributed by atoms with E-state index in [2.05, 4.69) is 15.5 Å². The molecule has 1 heterocycles. The Hall–Kier alpha value is -3.29. The third-order valence-corrected chi connectivity index (χ3v) is 5.73. The van der Waals surface area contributed by atoms with Gasteiger partial charge < -0.3 is 14.5 Å². The Morgan fingerprint density at radius 3 is 2.53 bits per heavy atom. The molecule has 1 atom stereocenters. The first-order chi connectivity index (χ1) is 15.6. The minimum absolute atomic E-state index is 0.125. The normalized spacial score (nSPS) is 11.7. The van der Waals surface area contributed by atoms with Gasteiger partial charge in [-0.1, -0.05) is 71.9 Å². The zero-order valence-electron chi connectivity index (χ0n) is 17.2. The van der Waals surface area contributed by atoms with Crippen LogP contribution in [0.15, 0.2) is 88.5 Å². The summed E-state index contributed by atoms with van der Waals surface area (Å²) in [5, 5.41) is 11.5. The predicted molar refractivity (Wildman–Crippen MR) is 126 cm³/mol. The summed E-state index contributed by atoms with van der Waals surface area (Å²) in [5.74, 6) is 0.812. The van der Waals surface area contributed by atoms with Crippen LogP contribution in [0, 0.1) is 0 Å². The molecule has 1 amide bonds. The Labute approximate surface area is 195 Å². The van der Waals surface area contributed by atoms with Crippen LogP contribution in [-0.2, 0) is 11.4 Å². The van der Waals surface area contributed by atoms with Crippen molar-refractivity contribution in [2.75, 3.05) is 5.32 Å². The van der Waals surface area contributed by atoms with Crippen molar-refractivity contribution in [2.24, 2.45) is 0 Å². The second kappa shape index (κ2) is 10.3. The Kier molecular flexibility index (Phi) is 7.09. The van der Waals surface area contributed by atoms with Gasteiger partial charge in [0.15, 0.2) is 6.61 Å². The maximum Gasteiger partial charge on any atom is 0.277 e. The number of amides is 1. The molecule has 162 valence electrons. The standard InChI is InChI=1S/C24H20ClN3O3S/c1-16(23(29)26-21-10-6-5-9-20(21)17-7-3-2-4-8-17)32-24-28-27-22(31-24)15-30-19-13-11-18(25)12-14-19/h2-14,16H,15H2,1H3,(H,26,29). The van der Waals surface area contributed by atoms with Crippen molar-refractivity contribution in [2.45, 2.75) is 24.0 Å². The lowest BCUT2D eigenvalue weighted by molar-refractivity contribution is -0.115. The number of anilines is 1. The fourth-order valence-corrected chi connectivity index (χ4v) is 3.75. The molecule has 0 spiro atoms. The summed E-state index contributed by atoms with van der Waals surface area (Å²) in [6, 6.07) is 24.6. The van der Waals surface area contributed by atoms with Crippen LogP contribution >= 0.6 is 23.4 Å². The van der Waals surface area contributed by atoms with Gasteiger partial charge >= 0.3 is 0 Å². The number of halogens is 1. The van der Waals surface area contributed by atoms with Gasteiger partial charge in [0.25, 0.3) is 11.1 Å². The summed E-state index contributed by atoms with van der Waals surface area (Å²) in [7, 11) is 0. The number of para-hydroxylation sites is 1. The fraction of sp³-hybridized carbons (Fsp3) is 0.125. The average Bonchev–Trinajstić information content (AvgIpc) is 3.27. The van der Waals surface area contributed by atoms with Crippen LogP contribution < -0.4 is 10.1 Å². The number of thioether (sulfide) groups is 1. The van der Waals surface area contributed by atoms with E-state index in [4.69, 9.17) is 20.8 Å². The molecule has 8 heteroatoms. The molecule has 4 aromatic rings. The quantitative estimate of drug-likeness (QED) is 0.317. The number of carbonyl (C=O) groups is 1. The number of aromatic nitrogens is 2. The number of ether oxygens (including phenoxy) is 1. The van der Waals surface area contributed by atoms with E-state index in [0.29, 0.717) is 21.9 Å². The second-order valence-corrected chi connectivity index (χ2v) is 8.59. The summed E-state index contributed by atoms with van der Waals surface area (Å²) in [6.45, 7) is 1.92. The fourth-order valence-electron chi connectivity index (χ4n) is 2.92. The number of carbonyl (C=O) groups excluding carboxylic acids is 1. The van der Waals surface area contributed by atoms with Crippen molar-refractivity contribution in [3.05, 3.63) is 89.8 Å². The highest BCUT2D eigenvalue weighted by Gasteiger charge is 2.19. The minimum atomic E-state index is -0.440. The summed E-state index contributed by atoms with van der Waals surface area (Å²) >= 11 is 7.06. The maximum absolute atomic E-state index is 12.8. The van der Waals surface area contributed by atoms with E-state index in [1.807, 2.05) is 54.6 Å². The minimum Gasteiger partial charge on any atom is -0.484 e. The van der Waals surface area contributed by atoms with E-state index in [0.717, 1.165) is 16.8 Å². The zero-order chi connectivity index (χ0) is 22.3. The lowest BCUT2D eigenvalue weighted by Gasteiger charge is -2.14. The molecular weight excluding hydrogens is 446 g/mol. The third kappa shape index (κ3) is 5.69. The topological polar surface area (TPSA) is 77.2 Å². The van der Waals surface area contributed by atoms with Crippen molar-refractivity contribution in [3.63, 3.8) is 0 Å². The molecule has 0 radical (unpaired) electrons. The smallest absolute Gasteiger partial charge is 0.277 e. The second-order valence-electron chi connectivity index (χ2n) is 6.87. The number of hydrogen-bond acceptors (Lipinski definition) is 6. The molecule has 6 nitrogen and oxygen atoms in total. The molecule has 0 aliphatic heterocycles. The van der Waals surface area contributed by atoms with Crippen molar-refractivity contribution in [1.82, 2.24) is 10.2 Å². The monoisotopic (exact) mass is 465 g/mol. The third-order valence-electron chi connectivity index (χ3n) is 4.54. The van der Waals surface area contributed by atoms with E-state index in [9.17, 15) is 4.79 Å². The van der Waals surface area contributed by atoms with Crippen LogP contribution in [0.2, 0.25) is 5.02 Å². The molecule has 1 N–H and O–H groups in total. The first-order valence-electron chi connectivity index (χ1n) is 9.91. The summed E-state index contributed by atoms with van der Waals surface area (Å²) in [5.41, 5.74) is 2.74. The van der Waals surface area contributed by atoms with Gasteiger partial charge in [-0.3, -0.25) is 4.79 Å². The van der Waals surface area contributed by atoms with Crippen LogP contribution in [0.4, 0.5) is 5.69 Å². The highest BCUT2D eigenvalue weighted by atomic mass is 35.5. The lowest BCUT2D eigenvalue weighted by Crippen LogP contribution is -2.22. The maximum atomic E-state index is 12.8. The van der Waals surface area contributed by atoms with E-state index in [1.165, 1.54) is 11.8 Å². The highest BCUT2D eigenvalue weighted by molar-refractivity contribution is 8.00. The van der Waals surface area contributed by atoms with Gasteiger partial charge in [0.1, 0.15) is 5.75 Å². The Morgan fingerprint density at radius 1 is 1.03 bits per heavy atom. The van der Waals surface area contributed by atoms with Crippen molar-refractivity contribution in [3.8, 4) is 16.9 Å². The van der Waals surface area contributed by atoms with E-state index in [1.54, 1.807) is 31.2 Å². The molecule has 0 bridgehead atoms. The molecular formula is C24H20ClN3O3S. The molecule has 0 fully saturated rings. The molecule has 1 unspecified atom stereocenters. The van der Waals surface area contributed by atoms with Crippen LogP contribution in [0.25, 0.3) is 11.1 Å². The average molecular weight is 466 g/mol. The Morgan fingerprint density at radius 2 is 1.75 bits per heavy atom. The summed E-state index contributed by atoms with van der Waals surface area (Å²) in [4.78, 5) is 12.8. The van der Waals surface area contributed by atoms with Crippen molar-refractivity contribution < 1.29 is 13.9 Å². The molecule has 3 aromatic carbocycles. The first kappa shape index (κ1) is 21.9. The van der Waals surface area contributed by atoms with E-state index < -0.39 is 5.25 Å². The van der Waals surface area contributed by atoms with E-state index >= 15 is 0 Å². The molecule has 0 aliphatic rings. The molecule has 32 heavy (non-hydrogen) atoms. The van der Waals surface area contributed by atoms with Gasteiger partial charge in [-0.2, -0.15) is 0 Å². The number of hydrogen-bond donors (Lipinski definition) is 1. The lowest BCUT2D eigenvalue weighted by atomic mass is 10.0. The molecule has 0 saturated carbocycles. The van der Waals surface area contributed by atoms with Crippen molar-refractivity contribution >= 4 is 35.0 Å². The Balaban J connectivity index is 1.35. The molecule has 1 aromatic heterocycles. The van der Waals surface area contributed by atoms with Gasteiger partial charge in [0.2, 0.25) is 5.91 Å². The zero-order valence-corrected chi connectivity index (χ0v) is 18.8. The number of benzene rings is 3. The van der Waals surface area contributed by atoms with Crippen LogP contribution in [0.5, 0.6) is 5.75 Å². The SMILES string of the molecule is CC(Sc1nnc(COc2ccc(Cl)cc2)o1)C(=O)Nc1ccccc1-c1ccccc1. The predicted octanol–water partition coefficient (Wildman–Crippen LogP) is 6.09. The number of nitrogens with zero attached hydrogens (tertiary/aromatic N) is 2. The van der Waals surface area contributed by atoms with E-state index in [-0.39, 0.29) is 12.5 Å². The van der Waals surface area contributed by atoms with Crippen LogP contribution in [0.3, 0.4) is 0 Å². The van der Waals surface area contributed by atoms with Gasteiger partial charge in [-0.15, -0.1) is 10.2 Å². The van der Waals surface area contributed by atoms with Crippen LogP contribution in [-0.4, -0.2) is 21.4 Å². The summed E-state index contributed by atoms with van der Waals surface area (Å²) in [6.07, 6.45) is 0. The molecule has 4 rings (SSSR count). The number of rotatable bonds is 8. The van der Waals surface area contributed by atoms with Crippen LogP contribution in [0.1, 0.15) is 12.8 Å². The van der Waals surface area contributed by atoms with Gasteiger partial charge in [-0.25, -0.2) is 0 Å². The largest absolute Gasteiger partial charge is 0.484 e. The van der Waals surface area contributed by atoms with Gasteiger partial charge in [0, 0.05) is 16.3 Å². The van der Waals surface area contributed by atoms with Gasteiger partial charge in [-0.05, 0) is 42.8 Å². The molecule has 0 saturated heterocycles. The van der Waals surface area contributed by atoms with Crippen molar-refractivity contribution in [1.29, 1.82) is 0 Å². The van der Waals surface area contributed by atoms with Gasteiger partial charge in [0.05, 0.1) is 5.25 Å². The number of nitrogens with one attached hydrogen (secondary N) is 1. The summed E-state index contributed by atoms with van der Waals surface area (Å²) < 4.78 is 11.2. The molecule has 0 aliphatic carbocycles. The Bertz CT molecular complexity index is 1180.